The number of piperidine rings is 1. The Morgan fingerprint density at radius 1 is 1.25 bits per heavy atom. The van der Waals surface area contributed by atoms with E-state index in [2.05, 4.69) is 0 Å². The van der Waals surface area contributed by atoms with E-state index in [1.165, 1.54) is 0 Å². The zero-order valence-electron chi connectivity index (χ0n) is 11.5. The molecular formula is C13H22N2O5. The number of likely N-dealkylation sites (tertiary alicyclic amines) is 1. The summed E-state index contributed by atoms with van der Waals surface area (Å²) in [6, 6.07) is -0.345. The first-order chi connectivity index (χ1) is 9.61. The first-order valence-electron chi connectivity index (χ1n) is 7.11. The maximum absolute atomic E-state index is 12.5. The fourth-order valence-corrected chi connectivity index (χ4v) is 2.85. The fourth-order valence-electron chi connectivity index (χ4n) is 2.85. The fraction of sp³-hybridized carbons (Fsp3) is 0.846. The number of hydrogen-bond acceptors (Lipinski definition) is 4. The van der Waals surface area contributed by atoms with E-state index in [1.807, 2.05) is 0 Å². The molecule has 0 radical (unpaired) electrons. The molecule has 114 valence electrons. The maximum atomic E-state index is 12.5. The Morgan fingerprint density at radius 3 is 2.75 bits per heavy atom. The summed E-state index contributed by atoms with van der Waals surface area (Å²) >= 11 is 0. The van der Waals surface area contributed by atoms with Gasteiger partial charge in [0.2, 0.25) is 0 Å². The number of amides is 2. The summed E-state index contributed by atoms with van der Waals surface area (Å²) in [5.41, 5.74) is 0. The highest BCUT2D eigenvalue weighted by atomic mass is 16.5. The van der Waals surface area contributed by atoms with Crippen LogP contribution >= 0.6 is 0 Å². The number of hydrogen-bond donors (Lipinski definition) is 2. The maximum Gasteiger partial charge on any atom is 0.320 e. The Bertz CT molecular complexity index is 363. The van der Waals surface area contributed by atoms with Crippen LogP contribution in [0.4, 0.5) is 4.79 Å². The van der Waals surface area contributed by atoms with Crippen LogP contribution in [-0.2, 0) is 9.53 Å². The van der Waals surface area contributed by atoms with Crippen LogP contribution in [0.15, 0.2) is 0 Å². The third kappa shape index (κ3) is 3.61. The van der Waals surface area contributed by atoms with Crippen LogP contribution < -0.4 is 0 Å². The molecule has 7 heteroatoms. The monoisotopic (exact) mass is 286 g/mol. The summed E-state index contributed by atoms with van der Waals surface area (Å²) in [5, 5.41) is 18.1. The lowest BCUT2D eigenvalue weighted by molar-refractivity contribution is -0.138. The number of carbonyl (C=O) groups is 2. The minimum Gasteiger partial charge on any atom is -0.481 e. The molecule has 0 aromatic rings. The number of carbonyl (C=O) groups excluding carboxylic acids is 1. The molecule has 2 unspecified atom stereocenters. The Balaban J connectivity index is 1.99. The van der Waals surface area contributed by atoms with Crippen LogP contribution in [-0.4, -0.2) is 77.0 Å². The molecule has 2 heterocycles. The molecule has 2 N–H and O–H groups in total. The van der Waals surface area contributed by atoms with E-state index >= 15 is 0 Å². The van der Waals surface area contributed by atoms with Crippen molar-refractivity contribution in [2.75, 3.05) is 32.8 Å². The number of urea groups is 1. The van der Waals surface area contributed by atoms with Crippen LogP contribution in [0.1, 0.15) is 25.7 Å². The van der Waals surface area contributed by atoms with E-state index < -0.39 is 5.97 Å². The molecule has 0 saturated carbocycles. The average Bonchev–Trinajstić information content (AvgIpc) is 2.46. The van der Waals surface area contributed by atoms with Crippen molar-refractivity contribution in [2.45, 2.75) is 37.8 Å². The predicted molar refractivity (Wildman–Crippen MR) is 70.4 cm³/mol. The molecule has 7 nitrogen and oxygen atoms in total. The summed E-state index contributed by atoms with van der Waals surface area (Å²) < 4.78 is 5.33. The first kappa shape index (κ1) is 15.1. The summed E-state index contributed by atoms with van der Waals surface area (Å²) in [4.78, 5) is 26.8. The van der Waals surface area contributed by atoms with Gasteiger partial charge < -0.3 is 24.7 Å². The quantitative estimate of drug-likeness (QED) is 0.769. The third-order valence-electron chi connectivity index (χ3n) is 3.90. The lowest BCUT2D eigenvalue weighted by Gasteiger charge is -2.40. The number of carboxylic acid groups (broad SMARTS) is 1. The van der Waals surface area contributed by atoms with Gasteiger partial charge in [-0.3, -0.25) is 4.79 Å². The third-order valence-corrected chi connectivity index (χ3v) is 3.90. The second-order valence-corrected chi connectivity index (χ2v) is 5.34. The molecule has 2 aliphatic rings. The summed E-state index contributed by atoms with van der Waals surface area (Å²) in [5.74, 6) is -0.870. The molecule has 2 rings (SSSR count). The van der Waals surface area contributed by atoms with Gasteiger partial charge in [0, 0.05) is 19.1 Å². The SMILES string of the molecule is O=C(O)CC1CCCCN1C(=O)N1CCOC(CO)C1. The largest absolute Gasteiger partial charge is 0.481 e. The van der Waals surface area contributed by atoms with Crippen LogP contribution in [0.5, 0.6) is 0 Å². The Morgan fingerprint density at radius 2 is 2.05 bits per heavy atom. The summed E-state index contributed by atoms with van der Waals surface area (Å²) in [7, 11) is 0. The van der Waals surface area contributed by atoms with E-state index in [0.717, 1.165) is 19.3 Å². The number of ether oxygens (including phenoxy) is 1. The Kier molecular flexibility index (Phi) is 5.19. The van der Waals surface area contributed by atoms with Crippen molar-refractivity contribution in [3.63, 3.8) is 0 Å². The molecule has 20 heavy (non-hydrogen) atoms. The lowest BCUT2D eigenvalue weighted by Crippen LogP contribution is -2.55. The number of aliphatic hydroxyl groups excluding tert-OH is 1. The van der Waals surface area contributed by atoms with Crippen molar-refractivity contribution in [3.05, 3.63) is 0 Å². The molecule has 0 spiro atoms. The summed E-state index contributed by atoms with van der Waals surface area (Å²) in [6.07, 6.45) is 2.28. The van der Waals surface area contributed by atoms with Gasteiger partial charge in [0.25, 0.3) is 0 Å². The van der Waals surface area contributed by atoms with E-state index in [0.29, 0.717) is 26.2 Å². The number of carboxylic acids is 1. The average molecular weight is 286 g/mol. The van der Waals surface area contributed by atoms with E-state index in [4.69, 9.17) is 14.9 Å². The van der Waals surface area contributed by atoms with Gasteiger partial charge in [-0.15, -0.1) is 0 Å². The summed E-state index contributed by atoms with van der Waals surface area (Å²) in [6.45, 7) is 1.77. The molecule has 2 aliphatic heterocycles. The van der Waals surface area contributed by atoms with Crippen LogP contribution in [0.25, 0.3) is 0 Å². The van der Waals surface area contributed by atoms with Crippen LogP contribution in [0, 0.1) is 0 Å². The van der Waals surface area contributed by atoms with E-state index in [-0.39, 0.29) is 31.2 Å². The number of rotatable bonds is 3. The normalized spacial score (nSPS) is 27.4. The molecule has 2 amide bonds. The predicted octanol–water partition coefficient (Wildman–Crippen LogP) is 0.129. The van der Waals surface area contributed by atoms with Crippen LogP contribution in [0.2, 0.25) is 0 Å². The number of aliphatic carboxylic acids is 1. The Labute approximate surface area is 118 Å². The lowest BCUT2D eigenvalue weighted by atomic mass is 10.00. The molecule has 0 aliphatic carbocycles. The molecule has 0 bridgehead atoms. The topological polar surface area (TPSA) is 90.3 Å². The van der Waals surface area contributed by atoms with Gasteiger partial charge in [-0.1, -0.05) is 0 Å². The van der Waals surface area contributed by atoms with E-state index in [9.17, 15) is 9.59 Å². The van der Waals surface area contributed by atoms with Gasteiger partial charge in [-0.25, -0.2) is 4.79 Å². The highest BCUT2D eigenvalue weighted by Gasteiger charge is 2.33. The first-order valence-corrected chi connectivity index (χ1v) is 7.11. The zero-order valence-corrected chi connectivity index (χ0v) is 11.5. The molecule has 2 saturated heterocycles. The molecule has 2 fully saturated rings. The van der Waals surface area contributed by atoms with Gasteiger partial charge in [0.1, 0.15) is 0 Å². The van der Waals surface area contributed by atoms with Crippen molar-refractivity contribution in [1.29, 1.82) is 0 Å². The van der Waals surface area contributed by atoms with Gasteiger partial charge >= 0.3 is 12.0 Å². The van der Waals surface area contributed by atoms with Crippen molar-refractivity contribution in [2.24, 2.45) is 0 Å². The molecule has 2 atom stereocenters. The molecule has 0 aromatic carbocycles. The van der Waals surface area contributed by atoms with Crippen molar-refractivity contribution in [3.8, 4) is 0 Å². The second-order valence-electron chi connectivity index (χ2n) is 5.34. The second kappa shape index (κ2) is 6.90. The number of morpholine rings is 1. The van der Waals surface area contributed by atoms with Crippen molar-refractivity contribution >= 4 is 12.0 Å². The Hall–Kier alpha value is -1.34. The standard InChI is InChI=1S/C13H22N2O5/c16-9-11-8-14(5-6-20-11)13(19)15-4-2-1-3-10(15)7-12(17)18/h10-11,16H,1-9H2,(H,17,18). The van der Waals surface area contributed by atoms with Crippen molar-refractivity contribution < 1.29 is 24.5 Å². The van der Waals surface area contributed by atoms with Crippen molar-refractivity contribution in [1.82, 2.24) is 9.80 Å². The van der Waals surface area contributed by atoms with Gasteiger partial charge in [-0.2, -0.15) is 0 Å². The molecular weight excluding hydrogens is 264 g/mol. The minimum absolute atomic E-state index is 0.000488. The highest BCUT2D eigenvalue weighted by molar-refractivity contribution is 5.76. The zero-order chi connectivity index (χ0) is 14.5. The highest BCUT2D eigenvalue weighted by Crippen LogP contribution is 2.22. The van der Waals surface area contributed by atoms with E-state index in [1.54, 1.807) is 9.80 Å². The van der Waals surface area contributed by atoms with Gasteiger partial charge in [0.05, 0.1) is 32.3 Å². The van der Waals surface area contributed by atoms with Gasteiger partial charge in [-0.05, 0) is 19.3 Å². The molecule has 0 aromatic heterocycles. The number of aliphatic hydroxyl groups is 1. The minimum atomic E-state index is -0.870. The van der Waals surface area contributed by atoms with Crippen LogP contribution in [0.3, 0.4) is 0 Å². The number of nitrogens with zero attached hydrogens (tertiary/aromatic N) is 2. The smallest absolute Gasteiger partial charge is 0.320 e. The van der Waals surface area contributed by atoms with Gasteiger partial charge in [0.15, 0.2) is 0 Å².